The molecule has 110 valence electrons. The van der Waals surface area contributed by atoms with Gasteiger partial charge in [0.15, 0.2) is 0 Å². The molecule has 0 spiro atoms. The van der Waals surface area contributed by atoms with Crippen LogP contribution in [0.15, 0.2) is 42.6 Å². The van der Waals surface area contributed by atoms with Gasteiger partial charge in [-0.25, -0.2) is 4.98 Å². The highest BCUT2D eigenvalue weighted by molar-refractivity contribution is 6.32. The first-order valence-electron chi connectivity index (χ1n) is 6.47. The quantitative estimate of drug-likeness (QED) is 0.733. The smallest absolute Gasteiger partial charge is 0.254 e. The summed E-state index contributed by atoms with van der Waals surface area (Å²) in [5.74, 6) is -0.408. The van der Waals surface area contributed by atoms with E-state index in [2.05, 4.69) is 10.3 Å². The Bertz CT molecular complexity index is 620. The van der Waals surface area contributed by atoms with Crippen LogP contribution in [0, 0.1) is 0 Å². The molecule has 2 aromatic rings. The van der Waals surface area contributed by atoms with E-state index in [-0.39, 0.29) is 17.3 Å². The Hall–Kier alpha value is -2.11. The SMILES string of the molecule is Nc1cnc(Cl)c(C(=O)N[C@H](CO)Cc2ccccc2)c1. The van der Waals surface area contributed by atoms with E-state index < -0.39 is 11.9 Å². The number of amides is 1. The van der Waals surface area contributed by atoms with E-state index in [1.807, 2.05) is 30.3 Å². The van der Waals surface area contributed by atoms with Crippen molar-refractivity contribution in [3.05, 3.63) is 58.9 Å². The summed E-state index contributed by atoms with van der Waals surface area (Å²) in [5.41, 5.74) is 7.18. The van der Waals surface area contributed by atoms with E-state index in [0.717, 1.165) is 5.56 Å². The summed E-state index contributed by atoms with van der Waals surface area (Å²) in [7, 11) is 0. The first-order chi connectivity index (χ1) is 10.1. The Balaban J connectivity index is 2.07. The third kappa shape index (κ3) is 4.18. The molecule has 0 saturated carbocycles. The van der Waals surface area contributed by atoms with E-state index in [0.29, 0.717) is 12.1 Å². The van der Waals surface area contributed by atoms with Crippen molar-refractivity contribution < 1.29 is 9.90 Å². The van der Waals surface area contributed by atoms with Gasteiger partial charge in [0.2, 0.25) is 0 Å². The van der Waals surface area contributed by atoms with Gasteiger partial charge in [-0.3, -0.25) is 4.79 Å². The van der Waals surface area contributed by atoms with Gasteiger partial charge in [0.25, 0.3) is 5.91 Å². The molecule has 0 aliphatic carbocycles. The second-order valence-corrected chi connectivity index (χ2v) is 5.01. The number of aromatic nitrogens is 1. The third-order valence-electron chi connectivity index (χ3n) is 2.99. The zero-order chi connectivity index (χ0) is 15.2. The number of hydrogen-bond donors (Lipinski definition) is 3. The van der Waals surface area contributed by atoms with Crippen molar-refractivity contribution in [1.82, 2.24) is 10.3 Å². The minimum absolute atomic E-state index is 0.0816. The molecule has 0 bridgehead atoms. The normalized spacial score (nSPS) is 11.9. The molecule has 4 N–H and O–H groups in total. The van der Waals surface area contributed by atoms with Gasteiger partial charge in [-0.15, -0.1) is 0 Å². The summed E-state index contributed by atoms with van der Waals surface area (Å²) >= 11 is 5.89. The van der Waals surface area contributed by atoms with Crippen molar-refractivity contribution in [3.8, 4) is 0 Å². The molecular weight excluding hydrogens is 290 g/mol. The molecule has 1 aromatic heterocycles. The molecule has 21 heavy (non-hydrogen) atoms. The van der Waals surface area contributed by atoms with Crippen LogP contribution in [-0.4, -0.2) is 28.6 Å². The number of rotatable bonds is 5. The number of carbonyl (C=O) groups excluding carboxylic acids is 1. The summed E-state index contributed by atoms with van der Waals surface area (Å²) < 4.78 is 0. The van der Waals surface area contributed by atoms with Crippen molar-refractivity contribution in [1.29, 1.82) is 0 Å². The zero-order valence-electron chi connectivity index (χ0n) is 11.3. The Morgan fingerprint density at radius 2 is 2.10 bits per heavy atom. The van der Waals surface area contributed by atoms with E-state index >= 15 is 0 Å². The highest BCUT2D eigenvalue weighted by Crippen LogP contribution is 2.15. The maximum Gasteiger partial charge on any atom is 0.254 e. The van der Waals surface area contributed by atoms with E-state index in [4.69, 9.17) is 17.3 Å². The maximum absolute atomic E-state index is 12.2. The van der Waals surface area contributed by atoms with Crippen LogP contribution >= 0.6 is 11.6 Å². The van der Waals surface area contributed by atoms with Gasteiger partial charge < -0.3 is 16.2 Å². The number of anilines is 1. The van der Waals surface area contributed by atoms with Crippen LogP contribution in [-0.2, 0) is 6.42 Å². The van der Waals surface area contributed by atoms with Gasteiger partial charge in [-0.05, 0) is 18.1 Å². The molecule has 1 aromatic carbocycles. The predicted molar refractivity (Wildman–Crippen MR) is 82.1 cm³/mol. The maximum atomic E-state index is 12.2. The number of nitrogens with two attached hydrogens (primary N) is 1. The Kier molecular flexibility index (Phi) is 5.14. The molecule has 0 aliphatic rings. The van der Waals surface area contributed by atoms with Gasteiger partial charge in [0, 0.05) is 0 Å². The van der Waals surface area contributed by atoms with Gasteiger partial charge in [0.1, 0.15) is 5.15 Å². The molecule has 0 radical (unpaired) electrons. The second kappa shape index (κ2) is 7.06. The van der Waals surface area contributed by atoms with E-state index in [1.165, 1.54) is 12.3 Å². The number of nitrogen functional groups attached to an aromatic ring is 1. The molecule has 0 fully saturated rings. The zero-order valence-corrected chi connectivity index (χ0v) is 12.0. The topological polar surface area (TPSA) is 88.2 Å². The van der Waals surface area contributed by atoms with Crippen LogP contribution < -0.4 is 11.1 Å². The molecule has 6 heteroatoms. The number of aliphatic hydroxyl groups is 1. The van der Waals surface area contributed by atoms with E-state index in [9.17, 15) is 9.90 Å². The summed E-state index contributed by atoms with van der Waals surface area (Å²) in [4.78, 5) is 16.0. The highest BCUT2D eigenvalue weighted by atomic mass is 35.5. The average molecular weight is 306 g/mol. The lowest BCUT2D eigenvalue weighted by Crippen LogP contribution is -2.39. The second-order valence-electron chi connectivity index (χ2n) is 4.65. The van der Waals surface area contributed by atoms with Crippen LogP contribution in [0.25, 0.3) is 0 Å². The largest absolute Gasteiger partial charge is 0.397 e. The molecule has 1 heterocycles. The molecule has 2 rings (SSSR count). The standard InChI is InChI=1S/C15H16ClN3O2/c16-14-13(7-11(17)8-18-14)15(21)19-12(9-20)6-10-4-2-1-3-5-10/h1-5,7-8,12,20H,6,9,17H2,(H,19,21)/t12-/m0/s1. The van der Waals surface area contributed by atoms with Crippen molar-refractivity contribution in [2.75, 3.05) is 12.3 Å². The number of hydrogen-bond acceptors (Lipinski definition) is 4. The fourth-order valence-corrected chi connectivity index (χ4v) is 2.14. The highest BCUT2D eigenvalue weighted by Gasteiger charge is 2.17. The van der Waals surface area contributed by atoms with Crippen molar-refractivity contribution >= 4 is 23.2 Å². The fraction of sp³-hybridized carbons (Fsp3) is 0.200. The van der Waals surface area contributed by atoms with Gasteiger partial charge >= 0.3 is 0 Å². The van der Waals surface area contributed by atoms with Crippen LogP contribution in [0.3, 0.4) is 0 Å². The molecule has 0 saturated heterocycles. The van der Waals surface area contributed by atoms with Gasteiger partial charge in [0.05, 0.1) is 30.1 Å². The minimum atomic E-state index is -0.408. The van der Waals surface area contributed by atoms with Crippen LogP contribution in [0.5, 0.6) is 0 Å². The van der Waals surface area contributed by atoms with Gasteiger partial charge in [-0.1, -0.05) is 41.9 Å². The number of carbonyl (C=O) groups is 1. The van der Waals surface area contributed by atoms with E-state index in [1.54, 1.807) is 0 Å². The molecule has 0 unspecified atom stereocenters. The Morgan fingerprint density at radius 3 is 2.76 bits per heavy atom. The molecule has 0 aliphatic heterocycles. The lowest BCUT2D eigenvalue weighted by molar-refractivity contribution is 0.0916. The van der Waals surface area contributed by atoms with Crippen LogP contribution in [0.2, 0.25) is 5.15 Å². The lowest BCUT2D eigenvalue weighted by atomic mass is 10.1. The summed E-state index contributed by atoms with van der Waals surface area (Å²) in [6.45, 7) is -0.173. The van der Waals surface area contributed by atoms with Gasteiger partial charge in [-0.2, -0.15) is 0 Å². The summed E-state index contributed by atoms with van der Waals surface area (Å²) in [6, 6.07) is 10.6. The first-order valence-corrected chi connectivity index (χ1v) is 6.84. The van der Waals surface area contributed by atoms with Crippen molar-refractivity contribution in [2.45, 2.75) is 12.5 Å². The first kappa shape index (κ1) is 15.3. The molecule has 1 amide bonds. The Labute approximate surface area is 127 Å². The third-order valence-corrected chi connectivity index (χ3v) is 3.29. The monoisotopic (exact) mass is 305 g/mol. The number of aliphatic hydroxyl groups excluding tert-OH is 1. The van der Waals surface area contributed by atoms with Crippen LogP contribution in [0.4, 0.5) is 5.69 Å². The molecule has 1 atom stereocenters. The van der Waals surface area contributed by atoms with Crippen LogP contribution in [0.1, 0.15) is 15.9 Å². The molecular formula is C15H16ClN3O2. The van der Waals surface area contributed by atoms with Crippen molar-refractivity contribution in [3.63, 3.8) is 0 Å². The average Bonchev–Trinajstić information content (AvgIpc) is 2.50. The Morgan fingerprint density at radius 1 is 1.38 bits per heavy atom. The minimum Gasteiger partial charge on any atom is -0.397 e. The summed E-state index contributed by atoms with van der Waals surface area (Å²) in [5, 5.41) is 12.2. The molecule has 5 nitrogen and oxygen atoms in total. The fourth-order valence-electron chi connectivity index (χ4n) is 1.95. The lowest BCUT2D eigenvalue weighted by Gasteiger charge is -2.17. The number of nitrogens with one attached hydrogen (secondary N) is 1. The summed E-state index contributed by atoms with van der Waals surface area (Å²) in [6.07, 6.45) is 1.91. The number of pyridine rings is 1. The predicted octanol–water partition coefficient (Wildman–Crippen LogP) is 1.65. The number of benzene rings is 1. The van der Waals surface area contributed by atoms with Crippen molar-refractivity contribution in [2.24, 2.45) is 0 Å². The number of halogens is 1. The number of nitrogens with zero attached hydrogens (tertiary/aromatic N) is 1.